The summed E-state index contributed by atoms with van der Waals surface area (Å²) in [6, 6.07) is 16.1. The van der Waals surface area contributed by atoms with Gasteiger partial charge in [0.05, 0.1) is 15.7 Å². The molecular weight excluding hydrogens is 304 g/mol. The third kappa shape index (κ3) is 1.98. The maximum absolute atomic E-state index is 4.74. The van der Waals surface area contributed by atoms with Crippen molar-refractivity contribution < 1.29 is 0 Å². The molecule has 23 heavy (non-hydrogen) atoms. The number of hydrogen-bond donors (Lipinski definition) is 0. The minimum Gasteiger partial charge on any atom is -0.245 e. The number of nitrogens with zero attached hydrogens (tertiary/aromatic N) is 4. The predicted octanol–water partition coefficient (Wildman–Crippen LogP) is 4.45. The van der Waals surface area contributed by atoms with Crippen LogP contribution in [0.4, 0.5) is 0 Å². The minimum atomic E-state index is 0.645. The topological polar surface area (TPSA) is 51.6 Å². The van der Waals surface area contributed by atoms with E-state index >= 15 is 0 Å². The number of hydrogen-bond acceptors (Lipinski definition) is 5. The Kier molecular flexibility index (Phi) is 2.63. The first-order valence-corrected chi connectivity index (χ1v) is 8.06. The Bertz CT molecular complexity index is 1180. The molecule has 0 aliphatic heterocycles. The number of pyridine rings is 2. The number of para-hydroxylation sites is 1. The number of rotatable bonds is 1. The monoisotopic (exact) mass is 314 g/mol. The van der Waals surface area contributed by atoms with Crippen molar-refractivity contribution in [2.45, 2.75) is 0 Å². The average molecular weight is 314 g/mol. The summed E-state index contributed by atoms with van der Waals surface area (Å²) in [5.74, 6) is 0.645. The molecule has 5 aromatic rings. The molecule has 0 fully saturated rings. The number of fused-ring (bicyclic) bond motifs is 4. The lowest BCUT2D eigenvalue weighted by atomic mass is 10.2. The van der Waals surface area contributed by atoms with Crippen molar-refractivity contribution in [1.82, 2.24) is 19.9 Å². The van der Waals surface area contributed by atoms with Gasteiger partial charge in [-0.15, -0.1) is 11.3 Å². The van der Waals surface area contributed by atoms with E-state index in [0.29, 0.717) is 5.82 Å². The summed E-state index contributed by atoms with van der Waals surface area (Å²) in [6.07, 6.45) is 3.66. The lowest BCUT2D eigenvalue weighted by Crippen LogP contribution is -1.91. The van der Waals surface area contributed by atoms with Gasteiger partial charge in [-0.1, -0.05) is 24.3 Å². The highest BCUT2D eigenvalue weighted by Gasteiger charge is 2.11. The molecule has 1 aromatic carbocycles. The molecule has 0 N–H and O–H groups in total. The number of benzene rings is 1. The van der Waals surface area contributed by atoms with Crippen molar-refractivity contribution in [1.29, 1.82) is 0 Å². The Hall–Kier alpha value is -2.92. The fraction of sp³-hybridized carbons (Fsp3) is 0. The molecule has 0 aliphatic carbocycles. The highest BCUT2D eigenvalue weighted by Crippen LogP contribution is 2.31. The van der Waals surface area contributed by atoms with Crippen LogP contribution in [-0.4, -0.2) is 19.9 Å². The molecule has 0 unspecified atom stereocenters. The highest BCUT2D eigenvalue weighted by atomic mass is 32.1. The summed E-state index contributed by atoms with van der Waals surface area (Å²) in [5.41, 5.74) is 2.68. The van der Waals surface area contributed by atoms with Gasteiger partial charge in [-0.3, -0.25) is 0 Å². The molecule has 5 rings (SSSR count). The lowest BCUT2D eigenvalue weighted by molar-refractivity contribution is 1.20. The Morgan fingerprint density at radius 2 is 1.78 bits per heavy atom. The van der Waals surface area contributed by atoms with E-state index < -0.39 is 0 Å². The Morgan fingerprint density at radius 3 is 2.78 bits per heavy atom. The Labute approximate surface area is 135 Å². The third-order valence-corrected chi connectivity index (χ3v) is 4.85. The first-order chi connectivity index (χ1) is 11.4. The molecule has 108 valence electrons. The van der Waals surface area contributed by atoms with Gasteiger partial charge in [0.25, 0.3) is 0 Å². The minimum absolute atomic E-state index is 0.645. The first kappa shape index (κ1) is 12.6. The van der Waals surface area contributed by atoms with Gasteiger partial charge in [-0.2, -0.15) is 0 Å². The highest BCUT2D eigenvalue weighted by molar-refractivity contribution is 7.25. The van der Waals surface area contributed by atoms with Gasteiger partial charge in [0, 0.05) is 23.2 Å². The molecule has 0 saturated carbocycles. The summed E-state index contributed by atoms with van der Waals surface area (Å²) < 4.78 is 1.04. The molecule has 4 nitrogen and oxygen atoms in total. The second kappa shape index (κ2) is 4.79. The van der Waals surface area contributed by atoms with E-state index in [-0.39, 0.29) is 0 Å². The van der Waals surface area contributed by atoms with E-state index in [4.69, 9.17) is 4.98 Å². The van der Waals surface area contributed by atoms with Crippen molar-refractivity contribution in [3.63, 3.8) is 0 Å². The van der Waals surface area contributed by atoms with Crippen LogP contribution in [-0.2, 0) is 0 Å². The summed E-state index contributed by atoms with van der Waals surface area (Å²) in [7, 11) is 0. The molecule has 0 spiro atoms. The average Bonchev–Trinajstić information content (AvgIpc) is 2.99. The predicted molar refractivity (Wildman–Crippen MR) is 93.5 cm³/mol. The molecule has 4 heterocycles. The van der Waals surface area contributed by atoms with E-state index in [1.807, 2.05) is 48.7 Å². The SMILES string of the molecule is c1ccc2nc(-c3ncc4sc5ncccc5c4n3)ccc2c1. The van der Waals surface area contributed by atoms with Crippen molar-refractivity contribution in [2.75, 3.05) is 0 Å². The zero-order valence-electron chi connectivity index (χ0n) is 12.0. The van der Waals surface area contributed by atoms with Crippen molar-refractivity contribution in [3.8, 4) is 11.5 Å². The van der Waals surface area contributed by atoms with E-state index in [1.54, 1.807) is 17.5 Å². The fourth-order valence-corrected chi connectivity index (χ4v) is 3.66. The van der Waals surface area contributed by atoms with Crippen LogP contribution in [0.2, 0.25) is 0 Å². The Morgan fingerprint density at radius 1 is 0.826 bits per heavy atom. The Balaban J connectivity index is 1.76. The second-order valence-electron chi connectivity index (χ2n) is 5.25. The van der Waals surface area contributed by atoms with Crippen LogP contribution in [0.25, 0.3) is 42.9 Å². The molecule has 0 radical (unpaired) electrons. The summed E-state index contributed by atoms with van der Waals surface area (Å²) in [4.78, 5) is 19.3. The second-order valence-corrected chi connectivity index (χ2v) is 6.28. The van der Waals surface area contributed by atoms with Gasteiger partial charge >= 0.3 is 0 Å². The van der Waals surface area contributed by atoms with E-state index in [9.17, 15) is 0 Å². The molecule has 4 aromatic heterocycles. The van der Waals surface area contributed by atoms with Crippen LogP contribution >= 0.6 is 11.3 Å². The normalized spacial score (nSPS) is 11.5. The van der Waals surface area contributed by atoms with Gasteiger partial charge in [0.2, 0.25) is 0 Å². The summed E-state index contributed by atoms with van der Waals surface area (Å²) in [5, 5.41) is 2.18. The van der Waals surface area contributed by atoms with Gasteiger partial charge in [-0.05, 0) is 24.3 Å². The molecule has 5 heteroatoms. The molecular formula is C18H10N4S. The van der Waals surface area contributed by atoms with Crippen LogP contribution in [0.1, 0.15) is 0 Å². The van der Waals surface area contributed by atoms with Crippen LogP contribution in [0, 0.1) is 0 Å². The summed E-state index contributed by atoms with van der Waals surface area (Å²) >= 11 is 1.61. The zero-order valence-corrected chi connectivity index (χ0v) is 12.8. The largest absolute Gasteiger partial charge is 0.245 e. The maximum atomic E-state index is 4.74. The van der Waals surface area contributed by atoms with Crippen molar-refractivity contribution in [3.05, 3.63) is 60.9 Å². The standard InChI is InChI=1S/C18H10N4S/c1-2-6-13-11(4-1)7-8-14(21-13)17-20-10-15-16(22-17)12-5-3-9-19-18(12)23-15/h1-10H. The van der Waals surface area contributed by atoms with Crippen LogP contribution < -0.4 is 0 Å². The van der Waals surface area contributed by atoms with Crippen molar-refractivity contribution in [2.24, 2.45) is 0 Å². The smallest absolute Gasteiger partial charge is 0.178 e. The fourth-order valence-electron chi connectivity index (χ4n) is 2.71. The first-order valence-electron chi connectivity index (χ1n) is 7.25. The van der Waals surface area contributed by atoms with Crippen LogP contribution in [0.15, 0.2) is 60.9 Å². The molecule has 0 bridgehead atoms. The van der Waals surface area contributed by atoms with Gasteiger partial charge in [0.1, 0.15) is 10.5 Å². The van der Waals surface area contributed by atoms with Gasteiger partial charge < -0.3 is 0 Å². The number of aromatic nitrogens is 4. The molecule has 0 saturated heterocycles. The lowest BCUT2D eigenvalue weighted by Gasteiger charge is -2.02. The van der Waals surface area contributed by atoms with Crippen molar-refractivity contribution >= 4 is 42.7 Å². The molecule has 0 aliphatic rings. The van der Waals surface area contributed by atoms with E-state index in [1.165, 1.54) is 0 Å². The molecule has 0 atom stereocenters. The maximum Gasteiger partial charge on any atom is 0.178 e. The van der Waals surface area contributed by atoms with Gasteiger partial charge in [0.15, 0.2) is 5.82 Å². The van der Waals surface area contributed by atoms with E-state index in [0.717, 1.165) is 37.0 Å². The van der Waals surface area contributed by atoms with Gasteiger partial charge in [-0.25, -0.2) is 19.9 Å². The third-order valence-electron chi connectivity index (χ3n) is 3.82. The van der Waals surface area contributed by atoms with Crippen LogP contribution in [0.5, 0.6) is 0 Å². The summed E-state index contributed by atoms with van der Waals surface area (Å²) in [6.45, 7) is 0. The zero-order chi connectivity index (χ0) is 15.2. The van der Waals surface area contributed by atoms with Crippen LogP contribution in [0.3, 0.4) is 0 Å². The van der Waals surface area contributed by atoms with E-state index in [2.05, 4.69) is 21.0 Å². The quantitative estimate of drug-likeness (QED) is 0.458. The molecule has 0 amide bonds. The number of thiophene rings is 1.